The summed E-state index contributed by atoms with van der Waals surface area (Å²) in [6.07, 6.45) is 2.76. The molecule has 1 atom stereocenters. The zero-order chi connectivity index (χ0) is 10.9. The molecule has 0 bridgehead atoms. The number of rotatable bonds is 4. The number of hydrogen-bond donors (Lipinski definition) is 1. The number of halogens is 2. The zero-order valence-corrected chi connectivity index (χ0v) is 9.30. The largest absolute Gasteiger partial charge is 0.325 e. The van der Waals surface area contributed by atoms with Gasteiger partial charge in [-0.3, -0.25) is 4.39 Å². The van der Waals surface area contributed by atoms with Crippen molar-refractivity contribution >= 4 is 11.6 Å². The Balaban J connectivity index is 2.11. The molecule has 3 heteroatoms. The van der Waals surface area contributed by atoms with Gasteiger partial charge in [-0.2, -0.15) is 0 Å². The molecule has 1 fully saturated rings. The highest BCUT2D eigenvalue weighted by Gasteiger charge is 2.40. The lowest BCUT2D eigenvalue weighted by atomic mass is 9.92. The normalized spacial score (nSPS) is 19.9. The van der Waals surface area contributed by atoms with Crippen LogP contribution in [0.15, 0.2) is 24.3 Å². The first-order chi connectivity index (χ1) is 7.13. The molecule has 0 aliphatic heterocycles. The van der Waals surface area contributed by atoms with Crippen LogP contribution in [0.5, 0.6) is 0 Å². The highest BCUT2D eigenvalue weighted by Crippen LogP contribution is 2.41. The molecule has 1 aliphatic carbocycles. The van der Waals surface area contributed by atoms with Crippen molar-refractivity contribution in [3.05, 3.63) is 34.9 Å². The average Bonchev–Trinajstić information content (AvgIpc) is 2.93. The molecule has 15 heavy (non-hydrogen) atoms. The van der Waals surface area contributed by atoms with E-state index < -0.39 is 0 Å². The molecule has 1 unspecified atom stereocenters. The first-order valence-electron chi connectivity index (χ1n) is 5.23. The van der Waals surface area contributed by atoms with Gasteiger partial charge in [0.2, 0.25) is 0 Å². The quantitative estimate of drug-likeness (QED) is 0.840. The van der Waals surface area contributed by atoms with Gasteiger partial charge >= 0.3 is 0 Å². The van der Waals surface area contributed by atoms with E-state index in [-0.39, 0.29) is 18.1 Å². The van der Waals surface area contributed by atoms with Crippen molar-refractivity contribution in [1.82, 2.24) is 0 Å². The van der Waals surface area contributed by atoms with Crippen LogP contribution in [0.2, 0.25) is 5.02 Å². The molecular formula is C12H15ClFN. The van der Waals surface area contributed by atoms with E-state index in [0.717, 1.165) is 24.8 Å². The van der Waals surface area contributed by atoms with Crippen LogP contribution in [0, 0.1) is 0 Å². The molecule has 1 nitrogen and oxygen atoms in total. The highest BCUT2D eigenvalue weighted by molar-refractivity contribution is 6.30. The van der Waals surface area contributed by atoms with E-state index in [0.29, 0.717) is 5.02 Å². The molecule has 1 aliphatic rings. The van der Waals surface area contributed by atoms with Crippen LogP contribution in [0.1, 0.15) is 30.7 Å². The highest BCUT2D eigenvalue weighted by atomic mass is 35.5. The van der Waals surface area contributed by atoms with Gasteiger partial charge in [0, 0.05) is 16.5 Å². The van der Waals surface area contributed by atoms with Gasteiger partial charge in [0.05, 0.1) is 6.67 Å². The molecule has 0 amide bonds. The van der Waals surface area contributed by atoms with Gasteiger partial charge in [-0.25, -0.2) is 0 Å². The van der Waals surface area contributed by atoms with Gasteiger partial charge in [-0.1, -0.05) is 23.7 Å². The summed E-state index contributed by atoms with van der Waals surface area (Å²) in [5.74, 6) is -0.101. The Bertz CT molecular complexity index is 349. The number of alkyl halides is 1. The van der Waals surface area contributed by atoms with Gasteiger partial charge in [0.25, 0.3) is 0 Å². The lowest BCUT2D eigenvalue weighted by Crippen LogP contribution is -2.25. The van der Waals surface area contributed by atoms with E-state index in [1.807, 2.05) is 18.2 Å². The van der Waals surface area contributed by atoms with E-state index in [1.54, 1.807) is 6.07 Å². The summed E-state index contributed by atoms with van der Waals surface area (Å²) in [5, 5.41) is 0.660. The predicted molar refractivity (Wildman–Crippen MR) is 60.9 cm³/mol. The summed E-state index contributed by atoms with van der Waals surface area (Å²) >= 11 is 5.88. The van der Waals surface area contributed by atoms with Crippen LogP contribution in [0.3, 0.4) is 0 Å². The number of hydrogen-bond acceptors (Lipinski definition) is 1. The monoisotopic (exact) mass is 227 g/mol. The SMILES string of the molecule is NC1(CC(CF)c2cccc(Cl)c2)CC1. The molecule has 0 heterocycles. The zero-order valence-electron chi connectivity index (χ0n) is 8.55. The Labute approximate surface area is 94.4 Å². The number of nitrogens with two attached hydrogens (primary N) is 1. The molecule has 82 valence electrons. The van der Waals surface area contributed by atoms with E-state index in [4.69, 9.17) is 17.3 Å². The fraction of sp³-hybridized carbons (Fsp3) is 0.500. The summed E-state index contributed by atoms with van der Waals surface area (Å²) in [5.41, 5.74) is 6.85. The second-order valence-electron chi connectivity index (χ2n) is 4.47. The first-order valence-corrected chi connectivity index (χ1v) is 5.61. The molecule has 0 spiro atoms. The van der Waals surface area contributed by atoms with Crippen molar-refractivity contribution in [3.8, 4) is 0 Å². The van der Waals surface area contributed by atoms with Crippen molar-refractivity contribution in [2.24, 2.45) is 5.73 Å². The summed E-state index contributed by atoms with van der Waals surface area (Å²) in [6, 6.07) is 7.41. The lowest BCUT2D eigenvalue weighted by molar-refractivity contribution is 0.388. The van der Waals surface area contributed by atoms with Crippen LogP contribution in [-0.2, 0) is 0 Å². The van der Waals surface area contributed by atoms with Crippen molar-refractivity contribution in [2.45, 2.75) is 30.7 Å². The summed E-state index contributed by atoms with van der Waals surface area (Å²) in [4.78, 5) is 0. The third-order valence-electron chi connectivity index (χ3n) is 3.05. The second kappa shape index (κ2) is 4.11. The molecular weight excluding hydrogens is 213 g/mol. The second-order valence-corrected chi connectivity index (χ2v) is 4.91. The maximum atomic E-state index is 12.9. The van der Waals surface area contributed by atoms with Gasteiger partial charge in [-0.15, -0.1) is 0 Å². The molecule has 0 saturated heterocycles. The van der Waals surface area contributed by atoms with Gasteiger partial charge in [-0.05, 0) is 37.0 Å². The summed E-state index contributed by atoms with van der Waals surface area (Å²) in [6.45, 7) is -0.362. The Morgan fingerprint density at radius 1 is 1.47 bits per heavy atom. The Hall–Kier alpha value is -0.600. The van der Waals surface area contributed by atoms with Crippen molar-refractivity contribution in [1.29, 1.82) is 0 Å². The minimum atomic E-state index is -0.362. The van der Waals surface area contributed by atoms with E-state index in [2.05, 4.69) is 0 Å². The molecule has 2 rings (SSSR count). The van der Waals surface area contributed by atoms with Crippen molar-refractivity contribution in [2.75, 3.05) is 6.67 Å². The Morgan fingerprint density at radius 2 is 2.20 bits per heavy atom. The van der Waals surface area contributed by atoms with Gasteiger partial charge in [0.1, 0.15) is 0 Å². The summed E-state index contributed by atoms with van der Waals surface area (Å²) < 4.78 is 12.9. The molecule has 0 radical (unpaired) electrons. The van der Waals surface area contributed by atoms with E-state index in [9.17, 15) is 4.39 Å². The first kappa shape index (κ1) is 10.9. The molecule has 1 aromatic carbocycles. The van der Waals surface area contributed by atoms with Crippen LogP contribution < -0.4 is 5.73 Å². The van der Waals surface area contributed by atoms with Crippen LogP contribution in [-0.4, -0.2) is 12.2 Å². The predicted octanol–water partition coefficient (Wildman–Crippen LogP) is 3.27. The topological polar surface area (TPSA) is 26.0 Å². The fourth-order valence-corrected chi connectivity index (χ4v) is 2.08. The van der Waals surface area contributed by atoms with Crippen molar-refractivity contribution < 1.29 is 4.39 Å². The minimum Gasteiger partial charge on any atom is -0.325 e. The average molecular weight is 228 g/mol. The fourth-order valence-electron chi connectivity index (χ4n) is 1.88. The Morgan fingerprint density at radius 3 is 2.73 bits per heavy atom. The minimum absolute atomic E-state index is 0.101. The smallest absolute Gasteiger partial charge is 0.0963 e. The standard InChI is InChI=1S/C12H15ClFN/c13-11-3-1-2-9(6-11)10(8-14)7-12(15)4-5-12/h1-3,6,10H,4-5,7-8,15H2. The molecule has 0 aromatic heterocycles. The van der Waals surface area contributed by atoms with E-state index >= 15 is 0 Å². The van der Waals surface area contributed by atoms with Gasteiger partial charge in [0.15, 0.2) is 0 Å². The molecule has 1 saturated carbocycles. The Kier molecular flexibility index (Phi) is 2.98. The third kappa shape index (κ3) is 2.70. The third-order valence-corrected chi connectivity index (χ3v) is 3.29. The molecule has 1 aromatic rings. The number of benzene rings is 1. The van der Waals surface area contributed by atoms with Crippen molar-refractivity contribution in [3.63, 3.8) is 0 Å². The lowest BCUT2D eigenvalue weighted by Gasteiger charge is -2.18. The molecule has 2 N–H and O–H groups in total. The van der Waals surface area contributed by atoms with Crippen LogP contribution in [0.25, 0.3) is 0 Å². The van der Waals surface area contributed by atoms with E-state index in [1.165, 1.54) is 0 Å². The van der Waals surface area contributed by atoms with Crippen LogP contribution >= 0.6 is 11.6 Å². The van der Waals surface area contributed by atoms with Crippen LogP contribution in [0.4, 0.5) is 4.39 Å². The maximum Gasteiger partial charge on any atom is 0.0963 e. The summed E-state index contributed by atoms with van der Waals surface area (Å²) in [7, 11) is 0. The maximum absolute atomic E-state index is 12.9. The van der Waals surface area contributed by atoms with Gasteiger partial charge < -0.3 is 5.73 Å².